The van der Waals surface area contributed by atoms with Crippen molar-refractivity contribution >= 4 is 5.91 Å². The SMILES string of the molecule is CC1(c2ccc3c(c2)OCCO3)NCCNC1=O. The van der Waals surface area contributed by atoms with Crippen LogP contribution in [0.2, 0.25) is 0 Å². The average molecular weight is 248 g/mol. The maximum atomic E-state index is 12.0. The Morgan fingerprint density at radius 2 is 1.94 bits per heavy atom. The second kappa shape index (κ2) is 4.17. The van der Waals surface area contributed by atoms with E-state index in [1.54, 1.807) is 0 Å². The summed E-state index contributed by atoms with van der Waals surface area (Å²) < 4.78 is 11.0. The van der Waals surface area contributed by atoms with Crippen molar-refractivity contribution in [2.24, 2.45) is 0 Å². The molecule has 18 heavy (non-hydrogen) atoms. The first-order chi connectivity index (χ1) is 8.70. The molecule has 5 heteroatoms. The molecule has 0 bridgehead atoms. The fourth-order valence-corrected chi connectivity index (χ4v) is 2.33. The Hall–Kier alpha value is -1.75. The lowest BCUT2D eigenvalue weighted by atomic mass is 9.89. The first-order valence-corrected chi connectivity index (χ1v) is 6.13. The van der Waals surface area contributed by atoms with Gasteiger partial charge in [-0.25, -0.2) is 0 Å². The number of piperazine rings is 1. The topological polar surface area (TPSA) is 59.6 Å². The number of amides is 1. The predicted octanol–water partition coefficient (Wildman–Crippen LogP) is 0.392. The lowest BCUT2D eigenvalue weighted by Gasteiger charge is -2.34. The Balaban J connectivity index is 1.98. The average Bonchev–Trinajstić information content (AvgIpc) is 2.42. The Bertz CT molecular complexity index is 489. The van der Waals surface area contributed by atoms with E-state index in [1.807, 2.05) is 25.1 Å². The molecule has 1 amide bonds. The summed E-state index contributed by atoms with van der Waals surface area (Å²) in [4.78, 5) is 12.0. The zero-order valence-corrected chi connectivity index (χ0v) is 10.3. The molecular formula is C13H16N2O3. The first kappa shape index (κ1) is 11.3. The summed E-state index contributed by atoms with van der Waals surface area (Å²) in [5, 5.41) is 6.14. The summed E-state index contributed by atoms with van der Waals surface area (Å²) in [6.07, 6.45) is 0. The van der Waals surface area contributed by atoms with Crippen LogP contribution in [-0.4, -0.2) is 32.2 Å². The van der Waals surface area contributed by atoms with E-state index >= 15 is 0 Å². The highest BCUT2D eigenvalue weighted by atomic mass is 16.6. The van der Waals surface area contributed by atoms with Gasteiger partial charge < -0.3 is 14.8 Å². The summed E-state index contributed by atoms with van der Waals surface area (Å²) in [6, 6.07) is 5.65. The van der Waals surface area contributed by atoms with Crippen LogP contribution >= 0.6 is 0 Å². The Labute approximate surface area is 105 Å². The van der Waals surface area contributed by atoms with Gasteiger partial charge in [-0.15, -0.1) is 0 Å². The molecule has 2 aliphatic rings. The van der Waals surface area contributed by atoms with Crippen LogP contribution < -0.4 is 20.1 Å². The molecule has 0 saturated carbocycles. The minimum Gasteiger partial charge on any atom is -0.486 e. The molecule has 1 fully saturated rings. The molecule has 0 aliphatic carbocycles. The Morgan fingerprint density at radius 3 is 2.72 bits per heavy atom. The number of rotatable bonds is 1. The van der Waals surface area contributed by atoms with Gasteiger partial charge in [-0.2, -0.15) is 0 Å². The molecule has 0 spiro atoms. The fourth-order valence-electron chi connectivity index (χ4n) is 2.33. The quantitative estimate of drug-likeness (QED) is 0.755. The molecule has 0 radical (unpaired) electrons. The molecule has 5 nitrogen and oxygen atoms in total. The van der Waals surface area contributed by atoms with Crippen molar-refractivity contribution in [1.29, 1.82) is 0 Å². The number of nitrogens with one attached hydrogen (secondary N) is 2. The highest BCUT2D eigenvalue weighted by Crippen LogP contribution is 2.34. The Morgan fingerprint density at radius 1 is 1.17 bits per heavy atom. The Kier molecular flexibility index (Phi) is 2.63. The van der Waals surface area contributed by atoms with Crippen molar-refractivity contribution in [3.05, 3.63) is 23.8 Å². The molecule has 0 aromatic heterocycles. The monoisotopic (exact) mass is 248 g/mol. The molecule has 1 saturated heterocycles. The van der Waals surface area contributed by atoms with Gasteiger partial charge in [-0.1, -0.05) is 6.07 Å². The molecule has 96 valence electrons. The molecule has 1 aromatic rings. The van der Waals surface area contributed by atoms with Crippen LogP contribution in [0.1, 0.15) is 12.5 Å². The van der Waals surface area contributed by atoms with E-state index in [0.29, 0.717) is 25.5 Å². The van der Waals surface area contributed by atoms with E-state index in [1.165, 1.54) is 0 Å². The van der Waals surface area contributed by atoms with Gasteiger partial charge in [0.05, 0.1) is 0 Å². The summed E-state index contributed by atoms with van der Waals surface area (Å²) >= 11 is 0. The van der Waals surface area contributed by atoms with Crippen molar-refractivity contribution in [3.8, 4) is 11.5 Å². The lowest BCUT2D eigenvalue weighted by Crippen LogP contribution is -2.59. The van der Waals surface area contributed by atoms with Gasteiger partial charge in [0.1, 0.15) is 18.8 Å². The summed E-state index contributed by atoms with van der Waals surface area (Å²) in [5.74, 6) is 1.44. The zero-order valence-electron chi connectivity index (χ0n) is 10.3. The van der Waals surface area contributed by atoms with Gasteiger partial charge in [-0.3, -0.25) is 10.1 Å². The molecule has 3 rings (SSSR count). The molecule has 2 heterocycles. The van der Waals surface area contributed by atoms with Gasteiger partial charge in [0, 0.05) is 13.1 Å². The lowest BCUT2D eigenvalue weighted by molar-refractivity contribution is -0.128. The number of ether oxygens (including phenoxy) is 2. The van der Waals surface area contributed by atoms with Gasteiger partial charge in [0.15, 0.2) is 11.5 Å². The van der Waals surface area contributed by atoms with Crippen molar-refractivity contribution in [2.45, 2.75) is 12.5 Å². The molecule has 1 aromatic carbocycles. The van der Waals surface area contributed by atoms with E-state index in [-0.39, 0.29) is 5.91 Å². The maximum Gasteiger partial charge on any atom is 0.244 e. The number of fused-ring (bicyclic) bond motifs is 1. The van der Waals surface area contributed by atoms with Gasteiger partial charge in [-0.05, 0) is 24.6 Å². The van der Waals surface area contributed by atoms with Crippen LogP contribution in [0.4, 0.5) is 0 Å². The second-order valence-electron chi connectivity index (χ2n) is 4.67. The highest BCUT2D eigenvalue weighted by molar-refractivity contribution is 5.88. The number of benzene rings is 1. The van der Waals surface area contributed by atoms with Crippen molar-refractivity contribution in [1.82, 2.24) is 10.6 Å². The van der Waals surface area contributed by atoms with Crippen LogP contribution in [0.5, 0.6) is 11.5 Å². The maximum absolute atomic E-state index is 12.0. The van der Waals surface area contributed by atoms with E-state index in [4.69, 9.17) is 9.47 Å². The molecule has 2 aliphatic heterocycles. The van der Waals surface area contributed by atoms with E-state index in [2.05, 4.69) is 10.6 Å². The van der Waals surface area contributed by atoms with Crippen molar-refractivity contribution < 1.29 is 14.3 Å². The summed E-state index contributed by atoms with van der Waals surface area (Å²) in [6.45, 7) is 4.43. The number of carbonyl (C=O) groups is 1. The highest BCUT2D eigenvalue weighted by Gasteiger charge is 2.37. The van der Waals surface area contributed by atoms with E-state index in [9.17, 15) is 4.79 Å². The van der Waals surface area contributed by atoms with Gasteiger partial charge in [0.2, 0.25) is 5.91 Å². The number of carbonyl (C=O) groups excluding carboxylic acids is 1. The smallest absolute Gasteiger partial charge is 0.244 e. The minimum absolute atomic E-state index is 0.00886. The van der Waals surface area contributed by atoms with E-state index in [0.717, 1.165) is 17.9 Å². The number of hydrogen-bond donors (Lipinski definition) is 2. The predicted molar refractivity (Wildman–Crippen MR) is 65.8 cm³/mol. The zero-order chi connectivity index (χ0) is 12.6. The largest absolute Gasteiger partial charge is 0.486 e. The van der Waals surface area contributed by atoms with Crippen LogP contribution in [0.25, 0.3) is 0 Å². The molecular weight excluding hydrogens is 232 g/mol. The van der Waals surface area contributed by atoms with Gasteiger partial charge in [0.25, 0.3) is 0 Å². The first-order valence-electron chi connectivity index (χ1n) is 6.13. The van der Waals surface area contributed by atoms with Crippen molar-refractivity contribution in [3.63, 3.8) is 0 Å². The van der Waals surface area contributed by atoms with Crippen LogP contribution in [-0.2, 0) is 10.3 Å². The van der Waals surface area contributed by atoms with Gasteiger partial charge >= 0.3 is 0 Å². The fraction of sp³-hybridized carbons (Fsp3) is 0.462. The second-order valence-corrected chi connectivity index (χ2v) is 4.67. The van der Waals surface area contributed by atoms with Crippen LogP contribution in [0.15, 0.2) is 18.2 Å². The standard InChI is InChI=1S/C13H16N2O3/c1-13(12(16)14-4-5-15-13)9-2-3-10-11(8-9)18-7-6-17-10/h2-3,8,15H,4-7H2,1H3,(H,14,16). The van der Waals surface area contributed by atoms with E-state index < -0.39 is 5.54 Å². The number of hydrogen-bond acceptors (Lipinski definition) is 4. The third-order valence-electron chi connectivity index (χ3n) is 3.46. The third-order valence-corrected chi connectivity index (χ3v) is 3.46. The minimum atomic E-state index is -0.700. The molecule has 2 N–H and O–H groups in total. The normalized spacial score (nSPS) is 26.6. The third kappa shape index (κ3) is 1.71. The van der Waals surface area contributed by atoms with Crippen LogP contribution in [0, 0.1) is 0 Å². The molecule has 1 atom stereocenters. The summed E-state index contributed by atoms with van der Waals surface area (Å²) in [5.41, 5.74) is 0.192. The summed E-state index contributed by atoms with van der Waals surface area (Å²) in [7, 11) is 0. The molecule has 1 unspecified atom stereocenters. The van der Waals surface area contributed by atoms with Crippen LogP contribution in [0.3, 0.4) is 0 Å². The van der Waals surface area contributed by atoms with Crippen molar-refractivity contribution in [2.75, 3.05) is 26.3 Å².